The van der Waals surface area contributed by atoms with E-state index in [1.54, 1.807) is 11.8 Å². The molecule has 0 aromatic heterocycles. The Morgan fingerprint density at radius 3 is 2.73 bits per heavy atom. The average Bonchev–Trinajstić information content (AvgIpc) is 2.14. The third-order valence-electron chi connectivity index (χ3n) is 2.56. The molecule has 0 saturated carbocycles. The summed E-state index contributed by atoms with van der Waals surface area (Å²) in [6, 6.07) is 0.0840. The van der Waals surface area contributed by atoms with Crippen LogP contribution in [0.2, 0.25) is 0 Å². The van der Waals surface area contributed by atoms with E-state index in [0.717, 1.165) is 18.6 Å². The zero-order valence-electron chi connectivity index (χ0n) is 8.55. The summed E-state index contributed by atoms with van der Waals surface area (Å²) in [5.41, 5.74) is 0. The summed E-state index contributed by atoms with van der Waals surface area (Å²) in [5.74, 6) is 1.07. The van der Waals surface area contributed by atoms with Crippen molar-refractivity contribution < 1.29 is 18.3 Å². The zero-order chi connectivity index (χ0) is 11.5. The lowest BCUT2D eigenvalue weighted by Crippen LogP contribution is -2.46. The highest BCUT2D eigenvalue weighted by molar-refractivity contribution is 7.99. The molecule has 90 valence electrons. The molecular formula is C9H16F3NOS. The van der Waals surface area contributed by atoms with Gasteiger partial charge in [-0.2, -0.15) is 24.9 Å². The third-order valence-corrected chi connectivity index (χ3v) is 3.94. The van der Waals surface area contributed by atoms with Crippen molar-refractivity contribution in [3.8, 4) is 0 Å². The van der Waals surface area contributed by atoms with Crippen LogP contribution >= 0.6 is 11.8 Å². The molecule has 1 aliphatic heterocycles. The van der Waals surface area contributed by atoms with Gasteiger partial charge < -0.3 is 10.4 Å². The molecule has 3 atom stereocenters. The minimum Gasteiger partial charge on any atom is -0.382 e. The van der Waals surface area contributed by atoms with Crippen molar-refractivity contribution in [1.29, 1.82) is 0 Å². The predicted octanol–water partition coefficient (Wildman–Crippen LogP) is 1.78. The number of nitrogens with one attached hydrogen (secondary N) is 1. The van der Waals surface area contributed by atoms with Crippen LogP contribution in [0.1, 0.15) is 19.8 Å². The van der Waals surface area contributed by atoms with E-state index in [-0.39, 0.29) is 6.04 Å². The monoisotopic (exact) mass is 243 g/mol. The van der Waals surface area contributed by atoms with Crippen molar-refractivity contribution in [2.75, 3.05) is 12.3 Å². The lowest BCUT2D eigenvalue weighted by atomic mass is 10.1. The molecule has 6 heteroatoms. The van der Waals surface area contributed by atoms with Gasteiger partial charge in [-0.05, 0) is 18.6 Å². The molecule has 0 aromatic rings. The number of hydrogen-bond donors (Lipinski definition) is 2. The van der Waals surface area contributed by atoms with Crippen LogP contribution in [0, 0.1) is 0 Å². The molecule has 2 nitrogen and oxygen atoms in total. The molecule has 2 N–H and O–H groups in total. The summed E-state index contributed by atoms with van der Waals surface area (Å²) in [6.45, 7) is 1.60. The molecule has 0 aliphatic carbocycles. The van der Waals surface area contributed by atoms with E-state index in [2.05, 4.69) is 5.32 Å². The molecule has 1 saturated heterocycles. The van der Waals surface area contributed by atoms with E-state index in [4.69, 9.17) is 5.11 Å². The molecule has 0 bridgehead atoms. The van der Waals surface area contributed by atoms with Gasteiger partial charge in [-0.25, -0.2) is 0 Å². The van der Waals surface area contributed by atoms with Crippen LogP contribution in [0.3, 0.4) is 0 Å². The van der Waals surface area contributed by atoms with E-state index in [1.165, 1.54) is 0 Å². The molecule has 0 amide bonds. The van der Waals surface area contributed by atoms with Crippen molar-refractivity contribution in [2.24, 2.45) is 0 Å². The minimum atomic E-state index is -4.52. The SMILES string of the molecule is CC1SCCCC1NCC(O)C(F)(F)F. The first kappa shape index (κ1) is 13.1. The van der Waals surface area contributed by atoms with Gasteiger partial charge >= 0.3 is 6.18 Å². The Labute approximate surface area is 91.6 Å². The van der Waals surface area contributed by atoms with Gasteiger partial charge in [0.1, 0.15) is 0 Å². The maximum atomic E-state index is 12.0. The first-order chi connectivity index (χ1) is 6.91. The summed E-state index contributed by atoms with van der Waals surface area (Å²) in [6.07, 6.45) is -4.86. The van der Waals surface area contributed by atoms with E-state index in [0.29, 0.717) is 5.25 Å². The normalized spacial score (nSPS) is 30.2. The predicted molar refractivity (Wildman–Crippen MR) is 55.0 cm³/mol. The van der Waals surface area contributed by atoms with Crippen LogP contribution in [-0.2, 0) is 0 Å². The molecule has 0 radical (unpaired) electrons. The van der Waals surface area contributed by atoms with Crippen LogP contribution in [0.25, 0.3) is 0 Å². The van der Waals surface area contributed by atoms with Gasteiger partial charge in [0.15, 0.2) is 6.10 Å². The Morgan fingerprint density at radius 1 is 1.53 bits per heavy atom. The fourth-order valence-electron chi connectivity index (χ4n) is 1.57. The lowest BCUT2D eigenvalue weighted by molar-refractivity contribution is -0.202. The first-order valence-corrected chi connectivity index (χ1v) is 6.06. The van der Waals surface area contributed by atoms with Gasteiger partial charge in [-0.15, -0.1) is 0 Å². The van der Waals surface area contributed by atoms with Crippen LogP contribution in [0.15, 0.2) is 0 Å². The number of alkyl halides is 3. The van der Waals surface area contributed by atoms with Crippen molar-refractivity contribution >= 4 is 11.8 Å². The van der Waals surface area contributed by atoms with Gasteiger partial charge in [0.05, 0.1) is 0 Å². The quantitative estimate of drug-likeness (QED) is 0.792. The first-order valence-electron chi connectivity index (χ1n) is 5.01. The highest BCUT2D eigenvalue weighted by Crippen LogP contribution is 2.25. The average molecular weight is 243 g/mol. The highest BCUT2D eigenvalue weighted by atomic mass is 32.2. The van der Waals surface area contributed by atoms with E-state index in [9.17, 15) is 13.2 Å². The van der Waals surface area contributed by atoms with Crippen molar-refractivity contribution in [3.05, 3.63) is 0 Å². The summed E-state index contributed by atoms with van der Waals surface area (Å²) in [4.78, 5) is 0. The van der Waals surface area contributed by atoms with Crippen molar-refractivity contribution in [2.45, 2.75) is 43.3 Å². The van der Waals surface area contributed by atoms with E-state index in [1.807, 2.05) is 6.92 Å². The van der Waals surface area contributed by atoms with Crippen molar-refractivity contribution in [1.82, 2.24) is 5.32 Å². The Balaban J connectivity index is 2.29. The highest BCUT2D eigenvalue weighted by Gasteiger charge is 2.38. The molecule has 1 rings (SSSR count). The zero-order valence-corrected chi connectivity index (χ0v) is 9.37. The molecule has 0 spiro atoms. The third kappa shape index (κ3) is 4.20. The number of hydrogen-bond acceptors (Lipinski definition) is 3. The van der Waals surface area contributed by atoms with Gasteiger partial charge in [0.2, 0.25) is 0 Å². The van der Waals surface area contributed by atoms with Crippen LogP contribution in [0.5, 0.6) is 0 Å². The van der Waals surface area contributed by atoms with Crippen LogP contribution < -0.4 is 5.32 Å². The summed E-state index contributed by atoms with van der Waals surface area (Å²) in [5, 5.41) is 11.9. The topological polar surface area (TPSA) is 32.3 Å². The number of thioether (sulfide) groups is 1. The molecule has 0 aromatic carbocycles. The molecule has 3 unspecified atom stereocenters. The smallest absolute Gasteiger partial charge is 0.382 e. The largest absolute Gasteiger partial charge is 0.415 e. The fraction of sp³-hybridized carbons (Fsp3) is 1.00. The molecule has 1 aliphatic rings. The minimum absolute atomic E-state index is 0.0840. The standard InChI is InChI=1S/C9H16F3NOS/c1-6-7(3-2-4-15-6)13-5-8(14)9(10,11)12/h6-8,13-14H,2-5H2,1H3. The molecular weight excluding hydrogens is 227 g/mol. The van der Waals surface area contributed by atoms with Crippen LogP contribution in [-0.4, -0.2) is 41.0 Å². The molecule has 1 heterocycles. The summed E-state index contributed by atoms with van der Waals surface area (Å²) < 4.78 is 36.0. The van der Waals surface area contributed by atoms with Gasteiger partial charge in [0, 0.05) is 17.8 Å². The van der Waals surface area contributed by atoms with Crippen molar-refractivity contribution in [3.63, 3.8) is 0 Å². The lowest BCUT2D eigenvalue weighted by Gasteiger charge is -2.30. The van der Waals surface area contributed by atoms with Gasteiger partial charge in [-0.1, -0.05) is 6.92 Å². The van der Waals surface area contributed by atoms with Gasteiger partial charge in [0.25, 0.3) is 0 Å². The second kappa shape index (κ2) is 5.41. The van der Waals surface area contributed by atoms with Crippen LogP contribution in [0.4, 0.5) is 13.2 Å². The number of rotatable bonds is 3. The number of halogens is 3. The number of aliphatic hydroxyl groups excluding tert-OH is 1. The number of aliphatic hydroxyl groups is 1. The second-order valence-electron chi connectivity index (χ2n) is 3.79. The Bertz CT molecular complexity index is 200. The Hall–Kier alpha value is 0.0600. The maximum Gasteiger partial charge on any atom is 0.415 e. The van der Waals surface area contributed by atoms with Gasteiger partial charge in [-0.3, -0.25) is 0 Å². The summed E-state index contributed by atoms with van der Waals surface area (Å²) in [7, 11) is 0. The molecule has 1 fully saturated rings. The summed E-state index contributed by atoms with van der Waals surface area (Å²) >= 11 is 1.76. The Morgan fingerprint density at radius 2 is 2.20 bits per heavy atom. The maximum absolute atomic E-state index is 12.0. The van der Waals surface area contributed by atoms with E-state index >= 15 is 0 Å². The second-order valence-corrected chi connectivity index (χ2v) is 5.28. The Kier molecular flexibility index (Phi) is 4.73. The fourth-order valence-corrected chi connectivity index (χ4v) is 2.74. The van der Waals surface area contributed by atoms with E-state index < -0.39 is 18.8 Å². The molecule has 15 heavy (non-hydrogen) atoms.